The molecule has 2 aromatic carbocycles. The topological polar surface area (TPSA) is 0 Å². The first-order chi connectivity index (χ1) is 15.8. The predicted molar refractivity (Wildman–Crippen MR) is 145 cm³/mol. The van der Waals surface area contributed by atoms with Crippen LogP contribution in [0.3, 0.4) is 0 Å². The van der Waals surface area contributed by atoms with Gasteiger partial charge in [-0.15, -0.1) is 0 Å². The zero-order valence-corrected chi connectivity index (χ0v) is 21.0. The first-order valence-corrected chi connectivity index (χ1v) is 12.5. The zero-order chi connectivity index (χ0) is 23.7. The molecule has 33 heavy (non-hydrogen) atoms. The number of hydrogen-bond acceptors (Lipinski definition) is 0. The molecule has 2 unspecified atom stereocenters. The van der Waals surface area contributed by atoms with Crippen LogP contribution in [-0.2, 0) is 0 Å². The van der Waals surface area contributed by atoms with Gasteiger partial charge in [0, 0.05) is 11.8 Å². The van der Waals surface area contributed by atoms with Gasteiger partial charge < -0.3 is 0 Å². The molecule has 2 aliphatic rings. The van der Waals surface area contributed by atoms with Crippen molar-refractivity contribution >= 4 is 6.08 Å². The van der Waals surface area contributed by atoms with Crippen molar-refractivity contribution in [2.75, 3.05) is 0 Å². The Kier molecular flexibility index (Phi) is 6.75. The van der Waals surface area contributed by atoms with Crippen molar-refractivity contribution in [2.45, 2.75) is 65.7 Å². The molecule has 0 N–H and O–H groups in total. The maximum Gasteiger partial charge on any atom is 0.0203 e. The van der Waals surface area contributed by atoms with Crippen molar-refractivity contribution in [3.63, 3.8) is 0 Å². The Balaban J connectivity index is 1.77. The smallest absolute Gasteiger partial charge is 0.0203 e. The van der Waals surface area contributed by atoms with Crippen LogP contribution < -0.4 is 0 Å². The summed E-state index contributed by atoms with van der Waals surface area (Å²) in [5, 5.41) is 0. The minimum Gasteiger partial charge on any atom is -0.0955 e. The van der Waals surface area contributed by atoms with Gasteiger partial charge in [0.25, 0.3) is 0 Å². The predicted octanol–water partition coefficient (Wildman–Crippen LogP) is 9.47. The van der Waals surface area contributed by atoms with Crippen LogP contribution in [0.15, 0.2) is 101 Å². The van der Waals surface area contributed by atoms with Gasteiger partial charge in [0.05, 0.1) is 0 Å². The van der Waals surface area contributed by atoms with Gasteiger partial charge in [-0.25, -0.2) is 0 Å². The fourth-order valence-electron chi connectivity index (χ4n) is 5.72. The van der Waals surface area contributed by atoms with Crippen LogP contribution in [-0.4, -0.2) is 0 Å². The first-order valence-electron chi connectivity index (χ1n) is 12.5. The molecule has 0 spiro atoms. The number of rotatable bonds is 6. The van der Waals surface area contributed by atoms with Crippen molar-refractivity contribution in [3.05, 3.63) is 123 Å². The number of fused-ring (bicyclic) bond motifs is 1. The number of benzene rings is 2. The highest BCUT2D eigenvalue weighted by Crippen LogP contribution is 2.55. The lowest BCUT2D eigenvalue weighted by atomic mass is 9.68. The summed E-state index contributed by atoms with van der Waals surface area (Å²) in [6, 6.07) is 17.9. The summed E-state index contributed by atoms with van der Waals surface area (Å²) in [6.45, 7) is 20.5. The first kappa shape index (κ1) is 23.3. The van der Waals surface area contributed by atoms with E-state index in [1.54, 1.807) is 0 Å². The van der Waals surface area contributed by atoms with E-state index < -0.39 is 0 Å². The Hall–Kier alpha value is -2.86. The average molecular weight is 435 g/mol. The molecule has 0 amide bonds. The van der Waals surface area contributed by atoms with Gasteiger partial charge in [-0.05, 0) is 77.2 Å². The van der Waals surface area contributed by atoms with Crippen LogP contribution >= 0.6 is 0 Å². The van der Waals surface area contributed by atoms with E-state index in [4.69, 9.17) is 0 Å². The minimum absolute atomic E-state index is 0.298. The Morgan fingerprint density at radius 3 is 2.36 bits per heavy atom. The van der Waals surface area contributed by atoms with Gasteiger partial charge in [-0.1, -0.05) is 112 Å². The maximum atomic E-state index is 4.67. The van der Waals surface area contributed by atoms with E-state index in [0.717, 1.165) is 19.3 Å². The molecule has 2 aliphatic carbocycles. The van der Waals surface area contributed by atoms with Crippen LogP contribution in [0.5, 0.6) is 0 Å². The van der Waals surface area contributed by atoms with Crippen LogP contribution in [0.1, 0.15) is 81.0 Å². The maximum absolute atomic E-state index is 4.67. The third kappa shape index (κ3) is 4.49. The molecule has 4 rings (SSSR count). The highest BCUT2D eigenvalue weighted by atomic mass is 14.4. The molecule has 0 heteroatoms. The normalized spacial score (nSPS) is 21.6. The van der Waals surface area contributed by atoms with Crippen LogP contribution in [0.4, 0.5) is 0 Å². The monoisotopic (exact) mass is 434 g/mol. The summed E-state index contributed by atoms with van der Waals surface area (Å²) in [5.41, 5.74) is 13.7. The molecule has 2 aromatic rings. The Labute approximate surface area is 201 Å². The highest BCUT2D eigenvalue weighted by Gasteiger charge is 2.41. The van der Waals surface area contributed by atoms with Crippen LogP contribution in [0.2, 0.25) is 0 Å². The molecule has 0 aromatic heterocycles. The summed E-state index contributed by atoms with van der Waals surface area (Å²) in [4.78, 5) is 0. The molecule has 170 valence electrons. The van der Waals surface area contributed by atoms with E-state index in [1.807, 2.05) is 0 Å². The lowest BCUT2D eigenvalue weighted by molar-refractivity contribution is 0.616. The molecular formula is C33H38. The van der Waals surface area contributed by atoms with E-state index in [0.29, 0.717) is 17.8 Å². The Morgan fingerprint density at radius 1 is 1.03 bits per heavy atom. The average Bonchev–Trinajstić information content (AvgIpc) is 3.08. The van der Waals surface area contributed by atoms with Gasteiger partial charge in [-0.2, -0.15) is 0 Å². The van der Waals surface area contributed by atoms with Crippen molar-refractivity contribution in [1.29, 1.82) is 0 Å². The van der Waals surface area contributed by atoms with Gasteiger partial charge in [-0.3, -0.25) is 0 Å². The standard InChI is InChI=1S/C33H38/c1-8-11-23(5)31-24(6)18-29-20-28(19-26-14-16-27(17-15-26)21(2)3)25(7)32(29)33(31)30-13-10-9-12-22(30)4/h9-10,12-19,21,32-33H,5,7-8,11,20H2,1-4,6H3/b28-19-. The van der Waals surface area contributed by atoms with Crippen molar-refractivity contribution in [1.82, 2.24) is 0 Å². The van der Waals surface area contributed by atoms with Crippen molar-refractivity contribution < 1.29 is 0 Å². The summed E-state index contributed by atoms with van der Waals surface area (Å²) in [6.07, 6.45) is 7.95. The fraction of sp³-hybridized carbons (Fsp3) is 0.333. The molecule has 1 fully saturated rings. The second-order valence-electron chi connectivity index (χ2n) is 10.2. The van der Waals surface area contributed by atoms with E-state index in [1.165, 1.54) is 55.7 Å². The van der Waals surface area contributed by atoms with Gasteiger partial charge in [0.1, 0.15) is 0 Å². The molecule has 0 nitrogen and oxygen atoms in total. The lowest BCUT2D eigenvalue weighted by Gasteiger charge is -2.35. The summed E-state index contributed by atoms with van der Waals surface area (Å²) < 4.78 is 0. The second-order valence-corrected chi connectivity index (χ2v) is 10.2. The molecule has 0 saturated heterocycles. The van der Waals surface area contributed by atoms with E-state index in [-0.39, 0.29) is 0 Å². The van der Waals surface area contributed by atoms with Crippen LogP contribution in [0.25, 0.3) is 6.08 Å². The third-order valence-electron chi connectivity index (χ3n) is 7.45. The fourth-order valence-corrected chi connectivity index (χ4v) is 5.72. The van der Waals surface area contributed by atoms with Crippen LogP contribution in [0, 0.1) is 12.8 Å². The van der Waals surface area contributed by atoms with Gasteiger partial charge in [0.2, 0.25) is 0 Å². The SMILES string of the molecule is C=C(CCC)C1=C(C)C=C2C/C(=C/c3ccc(C(C)C)cc3)C(=C)C2C1c1ccccc1C. The van der Waals surface area contributed by atoms with E-state index in [2.05, 4.69) is 108 Å². The van der Waals surface area contributed by atoms with Gasteiger partial charge >= 0.3 is 0 Å². The number of allylic oxidation sites excluding steroid dienone is 7. The molecule has 1 saturated carbocycles. The summed E-state index contributed by atoms with van der Waals surface area (Å²) >= 11 is 0. The highest BCUT2D eigenvalue weighted by molar-refractivity contribution is 5.68. The summed E-state index contributed by atoms with van der Waals surface area (Å²) in [7, 11) is 0. The van der Waals surface area contributed by atoms with Gasteiger partial charge in [0.15, 0.2) is 0 Å². The molecule has 2 atom stereocenters. The molecule has 0 heterocycles. The number of hydrogen-bond donors (Lipinski definition) is 0. The van der Waals surface area contributed by atoms with Crippen molar-refractivity contribution in [2.24, 2.45) is 5.92 Å². The zero-order valence-electron chi connectivity index (χ0n) is 21.0. The Bertz CT molecular complexity index is 1160. The lowest BCUT2D eigenvalue weighted by Crippen LogP contribution is -2.21. The van der Waals surface area contributed by atoms with E-state index >= 15 is 0 Å². The molecular weight excluding hydrogens is 396 g/mol. The largest absolute Gasteiger partial charge is 0.0955 e. The van der Waals surface area contributed by atoms with Crippen molar-refractivity contribution in [3.8, 4) is 0 Å². The third-order valence-corrected chi connectivity index (χ3v) is 7.45. The Morgan fingerprint density at radius 2 is 1.73 bits per heavy atom. The minimum atomic E-state index is 0.298. The molecule has 0 aliphatic heterocycles. The second kappa shape index (κ2) is 9.56. The molecule has 0 bridgehead atoms. The molecule has 0 radical (unpaired) electrons. The quantitative estimate of drug-likeness (QED) is 0.424. The number of aryl methyl sites for hydroxylation is 1. The van der Waals surface area contributed by atoms with E-state index in [9.17, 15) is 0 Å². The summed E-state index contributed by atoms with van der Waals surface area (Å²) in [5.74, 6) is 1.17.